The monoisotopic (exact) mass is 311 g/mol. The summed E-state index contributed by atoms with van der Waals surface area (Å²) < 4.78 is 5.12. The number of carbonyl (C=O) groups excluding carboxylic acids is 3. The molecule has 8 nitrogen and oxygen atoms in total. The van der Waals surface area contributed by atoms with Crippen LogP contribution in [0.5, 0.6) is 0 Å². The second-order valence-corrected chi connectivity index (χ2v) is 6.23. The van der Waals surface area contributed by atoms with Gasteiger partial charge in [-0.15, -0.1) is 0 Å². The number of amides is 2. The van der Waals surface area contributed by atoms with E-state index >= 15 is 0 Å². The molecule has 22 heavy (non-hydrogen) atoms. The van der Waals surface area contributed by atoms with Gasteiger partial charge in [-0.25, -0.2) is 4.79 Å². The first-order valence-corrected chi connectivity index (χ1v) is 7.24. The molecule has 1 fully saturated rings. The quantitative estimate of drug-likeness (QED) is 0.392. The highest BCUT2D eigenvalue weighted by Crippen LogP contribution is 2.18. The van der Waals surface area contributed by atoms with E-state index in [-0.39, 0.29) is 18.2 Å². The zero-order valence-corrected chi connectivity index (χ0v) is 13.1. The Bertz CT molecular complexity index is 492. The highest BCUT2D eigenvalue weighted by Gasteiger charge is 2.32. The maximum Gasteiger partial charge on any atom is 0.408 e. The minimum Gasteiger partial charge on any atom is -0.444 e. The van der Waals surface area contributed by atoms with E-state index in [9.17, 15) is 14.4 Å². The third-order valence-electron chi connectivity index (χ3n) is 3.15. The molecule has 2 atom stereocenters. The molecule has 8 heteroatoms. The fourth-order valence-corrected chi connectivity index (χ4v) is 2.19. The molecule has 0 aromatic heterocycles. The summed E-state index contributed by atoms with van der Waals surface area (Å²) in [5.41, 5.74) is 6.05. The molecular formula is C14H23N4O4+. The van der Waals surface area contributed by atoms with Crippen molar-refractivity contribution >= 4 is 24.0 Å². The molecule has 0 aliphatic carbocycles. The third-order valence-corrected chi connectivity index (χ3v) is 3.15. The maximum absolute atomic E-state index is 12.0. The Morgan fingerprint density at radius 3 is 2.77 bits per heavy atom. The zero-order chi connectivity index (χ0) is 16.8. The molecule has 0 spiro atoms. The average Bonchev–Trinajstić information content (AvgIpc) is 2.38. The van der Waals surface area contributed by atoms with Gasteiger partial charge in [0.15, 0.2) is 0 Å². The highest BCUT2D eigenvalue weighted by atomic mass is 16.6. The van der Waals surface area contributed by atoms with Crippen LogP contribution in [-0.2, 0) is 14.3 Å². The summed E-state index contributed by atoms with van der Waals surface area (Å²) in [6.07, 6.45) is 1.74. The van der Waals surface area contributed by atoms with Gasteiger partial charge in [-0.05, 0) is 40.0 Å². The number of hydrogen-bond donors (Lipinski definition) is 3. The molecule has 0 aromatic carbocycles. The number of alkyl carbamates (subject to hydrolysis) is 1. The van der Waals surface area contributed by atoms with Gasteiger partial charge in [0.25, 0.3) is 5.78 Å². The minimum absolute atomic E-state index is 0.127. The Labute approximate surface area is 129 Å². The van der Waals surface area contributed by atoms with Crippen molar-refractivity contribution in [2.45, 2.75) is 51.7 Å². The number of nitrogens with one attached hydrogen (secondary N) is 3. The lowest BCUT2D eigenvalue weighted by Crippen LogP contribution is -2.47. The Kier molecular flexibility index (Phi) is 6.24. The zero-order valence-electron chi connectivity index (χ0n) is 13.1. The molecule has 1 rings (SSSR count). The fourth-order valence-electron chi connectivity index (χ4n) is 2.19. The summed E-state index contributed by atoms with van der Waals surface area (Å²) in [5.74, 6) is -1.01. The SMILES string of the molecule is CC(C)(C)OC(=O)N[C@@H](C[C@@H]1CCCNC1=O)C(=O)C=[N+]=N. The topological polar surface area (TPSA) is 122 Å². The van der Waals surface area contributed by atoms with Crippen LogP contribution in [0.25, 0.3) is 0 Å². The summed E-state index contributed by atoms with van der Waals surface area (Å²) >= 11 is 0. The van der Waals surface area contributed by atoms with Crippen molar-refractivity contribution < 1.29 is 23.9 Å². The first-order chi connectivity index (χ1) is 10.2. The normalized spacial score (nSPS) is 19.4. The van der Waals surface area contributed by atoms with Gasteiger partial charge in [-0.3, -0.25) is 9.59 Å². The molecule has 0 unspecified atom stereocenters. The molecule has 1 aliphatic rings. The Balaban J connectivity index is 2.75. The van der Waals surface area contributed by atoms with Crippen LogP contribution in [0.4, 0.5) is 4.79 Å². The van der Waals surface area contributed by atoms with E-state index in [0.717, 1.165) is 12.6 Å². The Morgan fingerprint density at radius 1 is 1.55 bits per heavy atom. The number of ketones is 1. The van der Waals surface area contributed by atoms with Gasteiger partial charge in [0, 0.05) is 12.5 Å². The highest BCUT2D eigenvalue weighted by molar-refractivity contribution is 6.28. The molecule has 122 valence electrons. The van der Waals surface area contributed by atoms with Crippen molar-refractivity contribution in [3.05, 3.63) is 0 Å². The van der Waals surface area contributed by atoms with E-state index in [2.05, 4.69) is 15.4 Å². The van der Waals surface area contributed by atoms with Crippen LogP contribution < -0.4 is 10.6 Å². The van der Waals surface area contributed by atoms with E-state index in [1.165, 1.54) is 0 Å². The summed E-state index contributed by atoms with van der Waals surface area (Å²) in [5, 5.41) is 5.20. The van der Waals surface area contributed by atoms with Crippen LogP contribution in [0.3, 0.4) is 0 Å². The smallest absolute Gasteiger partial charge is 0.408 e. The fraction of sp³-hybridized carbons (Fsp3) is 0.714. The van der Waals surface area contributed by atoms with Gasteiger partial charge >= 0.3 is 12.3 Å². The molecule has 2 amide bonds. The number of rotatable bonds is 5. The molecule has 3 N–H and O–H groups in total. The molecule has 1 saturated heterocycles. The maximum atomic E-state index is 12.0. The lowest BCUT2D eigenvalue weighted by molar-refractivity contribution is -0.133. The second kappa shape index (κ2) is 7.70. The molecular weight excluding hydrogens is 288 g/mol. The van der Waals surface area contributed by atoms with Crippen molar-refractivity contribution in [3.63, 3.8) is 0 Å². The molecule has 1 aliphatic heterocycles. The van der Waals surface area contributed by atoms with Gasteiger partial charge in [-0.2, -0.15) is 0 Å². The van der Waals surface area contributed by atoms with Gasteiger partial charge < -0.3 is 15.4 Å². The van der Waals surface area contributed by atoms with E-state index in [0.29, 0.717) is 13.0 Å². The molecule has 0 bridgehead atoms. The van der Waals surface area contributed by atoms with Crippen LogP contribution >= 0.6 is 0 Å². The number of Topliss-reactive ketones (excluding diaryl/α,β-unsaturated/α-hetero) is 1. The van der Waals surface area contributed by atoms with Crippen LogP contribution in [0.2, 0.25) is 0 Å². The molecule has 0 radical (unpaired) electrons. The van der Waals surface area contributed by atoms with Crippen molar-refractivity contribution in [1.29, 1.82) is 5.53 Å². The van der Waals surface area contributed by atoms with E-state index < -0.39 is 23.5 Å². The predicted molar refractivity (Wildman–Crippen MR) is 77.6 cm³/mol. The number of nitrogens with zero attached hydrogens (tertiary/aromatic N) is 1. The lowest BCUT2D eigenvalue weighted by Gasteiger charge is -2.26. The van der Waals surface area contributed by atoms with Crippen molar-refractivity contribution in [2.75, 3.05) is 6.54 Å². The number of hydrogen-bond acceptors (Lipinski definition) is 5. The number of carbonyl (C=O) groups is 3. The third kappa shape index (κ3) is 6.05. The van der Waals surface area contributed by atoms with Crippen molar-refractivity contribution in [2.24, 2.45) is 5.92 Å². The molecule has 1 heterocycles. The van der Waals surface area contributed by atoms with Crippen LogP contribution in [0.15, 0.2) is 0 Å². The lowest BCUT2D eigenvalue weighted by atomic mass is 9.90. The average molecular weight is 311 g/mol. The van der Waals surface area contributed by atoms with Crippen LogP contribution in [0, 0.1) is 11.4 Å². The number of piperidine rings is 1. The van der Waals surface area contributed by atoms with Gasteiger partial charge in [0.05, 0.1) is 10.3 Å². The first kappa shape index (κ1) is 17.8. The summed E-state index contributed by atoms with van der Waals surface area (Å²) in [6.45, 7) is 5.76. The summed E-state index contributed by atoms with van der Waals surface area (Å²) in [7, 11) is 0. The Morgan fingerprint density at radius 2 is 2.23 bits per heavy atom. The van der Waals surface area contributed by atoms with Gasteiger partial charge in [-0.1, -0.05) is 0 Å². The largest absolute Gasteiger partial charge is 0.444 e. The summed E-state index contributed by atoms with van der Waals surface area (Å²) in [6, 6.07) is -0.933. The van der Waals surface area contributed by atoms with Crippen LogP contribution in [-0.4, -0.2) is 47.0 Å². The van der Waals surface area contributed by atoms with Crippen molar-refractivity contribution in [3.8, 4) is 0 Å². The van der Waals surface area contributed by atoms with E-state index in [1.54, 1.807) is 20.8 Å². The molecule has 0 aromatic rings. The number of ether oxygens (including phenoxy) is 1. The van der Waals surface area contributed by atoms with Gasteiger partial charge in [0.1, 0.15) is 11.6 Å². The standard InChI is InChI=1S/C14H22N4O4/c1-14(2,3)22-13(21)18-10(11(19)8-17-15)7-9-5-4-6-16-12(9)20/h8-10,15H,4-7H2,1-3H3,(H-,16,18,20,21)/p+1/t9-,10-/m0/s1. The second-order valence-electron chi connectivity index (χ2n) is 6.23. The minimum atomic E-state index is -0.933. The summed E-state index contributed by atoms with van der Waals surface area (Å²) in [4.78, 5) is 38.5. The van der Waals surface area contributed by atoms with E-state index in [1.807, 2.05) is 0 Å². The molecule has 0 saturated carbocycles. The Hall–Kier alpha value is -2.21. The first-order valence-electron chi connectivity index (χ1n) is 7.24. The van der Waals surface area contributed by atoms with Crippen LogP contribution in [0.1, 0.15) is 40.0 Å². The predicted octanol–water partition coefficient (Wildman–Crippen LogP) is 0.675. The van der Waals surface area contributed by atoms with Crippen molar-refractivity contribution in [1.82, 2.24) is 10.6 Å². The van der Waals surface area contributed by atoms with E-state index in [4.69, 9.17) is 10.3 Å². The van der Waals surface area contributed by atoms with Gasteiger partial charge in [0.2, 0.25) is 5.91 Å².